The first-order valence-corrected chi connectivity index (χ1v) is 6.76. The number of hydrogen-bond acceptors (Lipinski definition) is 5. The molecule has 0 unspecified atom stereocenters. The highest BCUT2D eigenvalue weighted by Crippen LogP contribution is 2.41. The fraction of sp³-hybridized carbons (Fsp3) is 0.429. The zero-order valence-electron chi connectivity index (χ0n) is 11.9. The summed E-state index contributed by atoms with van der Waals surface area (Å²) in [6, 6.07) is 5.60. The SMILES string of the molecule is COc1cc(-c2nnnn2C2(C(=O)O)CCC2)ccc1C. The van der Waals surface area contributed by atoms with Crippen molar-refractivity contribution in [1.29, 1.82) is 0 Å². The number of methoxy groups -OCH3 is 1. The van der Waals surface area contributed by atoms with E-state index in [9.17, 15) is 9.90 Å². The normalized spacial score (nSPS) is 16.3. The average Bonchev–Trinajstić information content (AvgIpc) is 2.87. The predicted octanol–water partition coefficient (Wildman–Crippen LogP) is 1.62. The van der Waals surface area contributed by atoms with Crippen LogP contribution in [0.2, 0.25) is 0 Å². The minimum absolute atomic E-state index is 0.454. The van der Waals surface area contributed by atoms with Crippen molar-refractivity contribution in [3.8, 4) is 17.1 Å². The summed E-state index contributed by atoms with van der Waals surface area (Å²) in [6.07, 6.45) is 1.95. The largest absolute Gasteiger partial charge is 0.496 e. The van der Waals surface area contributed by atoms with Crippen LogP contribution < -0.4 is 4.74 Å². The number of carboxylic acid groups (broad SMARTS) is 1. The third-order valence-corrected chi connectivity index (χ3v) is 4.12. The van der Waals surface area contributed by atoms with Gasteiger partial charge in [-0.25, -0.2) is 9.48 Å². The lowest BCUT2D eigenvalue weighted by atomic mass is 9.76. The van der Waals surface area contributed by atoms with E-state index in [0.717, 1.165) is 23.3 Å². The molecule has 1 saturated carbocycles. The fourth-order valence-corrected chi connectivity index (χ4v) is 2.64. The molecule has 1 N–H and O–H groups in total. The predicted molar refractivity (Wildman–Crippen MR) is 74.0 cm³/mol. The van der Waals surface area contributed by atoms with E-state index < -0.39 is 11.5 Å². The zero-order chi connectivity index (χ0) is 15.0. The molecule has 1 aliphatic rings. The number of aliphatic carboxylic acids is 1. The number of nitrogens with zero attached hydrogens (tertiary/aromatic N) is 4. The van der Waals surface area contributed by atoms with Crippen molar-refractivity contribution in [2.45, 2.75) is 31.7 Å². The van der Waals surface area contributed by atoms with Crippen LogP contribution in [0.3, 0.4) is 0 Å². The Morgan fingerprint density at radius 3 is 2.76 bits per heavy atom. The van der Waals surface area contributed by atoms with Crippen molar-refractivity contribution in [2.75, 3.05) is 7.11 Å². The maximum absolute atomic E-state index is 11.6. The van der Waals surface area contributed by atoms with Gasteiger partial charge < -0.3 is 9.84 Å². The molecule has 110 valence electrons. The Kier molecular flexibility index (Phi) is 3.12. The Balaban J connectivity index is 2.09. The molecule has 0 radical (unpaired) electrons. The van der Waals surface area contributed by atoms with Crippen molar-refractivity contribution < 1.29 is 14.6 Å². The number of tetrazole rings is 1. The Labute approximate surface area is 121 Å². The highest BCUT2D eigenvalue weighted by Gasteiger charge is 2.49. The second-order valence-electron chi connectivity index (χ2n) is 5.29. The van der Waals surface area contributed by atoms with Crippen LogP contribution in [0.5, 0.6) is 5.75 Å². The van der Waals surface area contributed by atoms with Crippen molar-refractivity contribution in [3.05, 3.63) is 23.8 Å². The summed E-state index contributed by atoms with van der Waals surface area (Å²) in [6.45, 7) is 1.94. The van der Waals surface area contributed by atoms with Crippen molar-refractivity contribution in [1.82, 2.24) is 20.2 Å². The topological polar surface area (TPSA) is 90.1 Å². The summed E-state index contributed by atoms with van der Waals surface area (Å²) in [5.74, 6) is 0.289. The van der Waals surface area contributed by atoms with E-state index >= 15 is 0 Å². The summed E-state index contributed by atoms with van der Waals surface area (Å²) in [7, 11) is 1.60. The molecule has 3 rings (SSSR count). The number of carboxylic acids is 1. The van der Waals surface area contributed by atoms with E-state index in [-0.39, 0.29) is 0 Å². The quantitative estimate of drug-likeness (QED) is 0.919. The number of carbonyl (C=O) groups is 1. The summed E-state index contributed by atoms with van der Waals surface area (Å²) in [4.78, 5) is 11.6. The Bertz CT molecular complexity index is 691. The van der Waals surface area contributed by atoms with Crippen LogP contribution in [0.1, 0.15) is 24.8 Å². The molecule has 1 aromatic heterocycles. The number of hydrogen-bond donors (Lipinski definition) is 1. The molecule has 7 nitrogen and oxygen atoms in total. The van der Waals surface area contributed by atoms with Gasteiger partial charge in [-0.1, -0.05) is 12.1 Å². The molecule has 1 fully saturated rings. The van der Waals surface area contributed by atoms with Crippen molar-refractivity contribution >= 4 is 5.97 Å². The number of rotatable bonds is 4. The molecule has 0 spiro atoms. The smallest absolute Gasteiger partial charge is 0.331 e. The summed E-state index contributed by atoms with van der Waals surface area (Å²) in [5, 5.41) is 21.1. The fourth-order valence-electron chi connectivity index (χ4n) is 2.64. The number of aryl methyl sites for hydroxylation is 1. The first-order valence-electron chi connectivity index (χ1n) is 6.76. The first-order chi connectivity index (χ1) is 10.1. The van der Waals surface area contributed by atoms with Gasteiger partial charge in [0.2, 0.25) is 0 Å². The molecule has 0 amide bonds. The molecule has 0 saturated heterocycles. The van der Waals surface area contributed by atoms with E-state index in [2.05, 4.69) is 15.5 Å². The Morgan fingerprint density at radius 1 is 1.43 bits per heavy atom. The van der Waals surface area contributed by atoms with E-state index in [0.29, 0.717) is 18.7 Å². The highest BCUT2D eigenvalue weighted by atomic mass is 16.5. The summed E-state index contributed by atoms with van der Waals surface area (Å²) < 4.78 is 6.74. The highest BCUT2D eigenvalue weighted by molar-refractivity contribution is 5.78. The van der Waals surface area contributed by atoms with Crippen molar-refractivity contribution in [2.24, 2.45) is 0 Å². The lowest BCUT2D eigenvalue weighted by Crippen LogP contribution is -2.48. The van der Waals surface area contributed by atoms with E-state index in [1.54, 1.807) is 7.11 Å². The summed E-state index contributed by atoms with van der Waals surface area (Å²) >= 11 is 0. The second kappa shape index (κ2) is 4.83. The zero-order valence-corrected chi connectivity index (χ0v) is 11.9. The minimum atomic E-state index is -1.02. The van der Waals surface area contributed by atoms with Gasteiger partial charge in [-0.2, -0.15) is 0 Å². The molecular weight excluding hydrogens is 272 g/mol. The maximum atomic E-state index is 11.6. The third-order valence-electron chi connectivity index (χ3n) is 4.12. The van der Waals surface area contributed by atoms with Crippen LogP contribution in [0.4, 0.5) is 0 Å². The maximum Gasteiger partial charge on any atom is 0.331 e. The van der Waals surface area contributed by atoms with E-state index in [1.807, 2.05) is 25.1 Å². The monoisotopic (exact) mass is 288 g/mol. The standard InChI is InChI=1S/C14H16N4O3/c1-9-4-5-10(8-11(9)21-2)12-15-16-17-18(12)14(13(19)20)6-3-7-14/h4-5,8H,3,6-7H2,1-2H3,(H,19,20). The molecule has 2 aromatic rings. The van der Waals surface area contributed by atoms with Gasteiger partial charge in [0.25, 0.3) is 0 Å². The molecule has 0 bridgehead atoms. The van der Waals surface area contributed by atoms with Gasteiger partial charge in [-0.3, -0.25) is 0 Å². The second-order valence-corrected chi connectivity index (χ2v) is 5.29. The average molecular weight is 288 g/mol. The van der Waals surface area contributed by atoms with Gasteiger partial charge in [0.1, 0.15) is 5.75 Å². The van der Waals surface area contributed by atoms with Crippen LogP contribution >= 0.6 is 0 Å². The lowest BCUT2D eigenvalue weighted by molar-refractivity contribution is -0.153. The number of benzene rings is 1. The molecule has 1 aromatic carbocycles. The first kappa shape index (κ1) is 13.5. The number of aromatic nitrogens is 4. The molecule has 0 aliphatic heterocycles. The van der Waals surface area contributed by atoms with Crippen LogP contribution in [0.25, 0.3) is 11.4 Å². The summed E-state index contributed by atoms with van der Waals surface area (Å²) in [5.41, 5.74) is 0.726. The van der Waals surface area contributed by atoms with Gasteiger partial charge in [0.05, 0.1) is 7.11 Å². The molecule has 1 aliphatic carbocycles. The van der Waals surface area contributed by atoms with Crippen LogP contribution in [-0.2, 0) is 10.3 Å². The molecule has 7 heteroatoms. The third kappa shape index (κ3) is 1.96. The molecule has 1 heterocycles. The molecular formula is C14H16N4O3. The van der Waals surface area contributed by atoms with E-state index in [4.69, 9.17) is 4.74 Å². The number of ether oxygens (including phenoxy) is 1. The Hall–Kier alpha value is -2.44. The van der Waals surface area contributed by atoms with Crippen molar-refractivity contribution in [3.63, 3.8) is 0 Å². The van der Waals surface area contributed by atoms with Crippen LogP contribution in [0, 0.1) is 6.92 Å². The van der Waals surface area contributed by atoms with Crippen LogP contribution in [0.15, 0.2) is 18.2 Å². The van der Waals surface area contributed by atoms with Gasteiger partial charge in [0.15, 0.2) is 11.4 Å². The van der Waals surface area contributed by atoms with Gasteiger partial charge in [-0.05, 0) is 48.2 Å². The van der Waals surface area contributed by atoms with Gasteiger partial charge >= 0.3 is 5.97 Å². The van der Waals surface area contributed by atoms with Crippen LogP contribution in [-0.4, -0.2) is 38.4 Å². The molecule has 0 atom stereocenters. The van der Waals surface area contributed by atoms with Gasteiger partial charge in [0, 0.05) is 5.56 Å². The van der Waals surface area contributed by atoms with E-state index in [1.165, 1.54) is 4.68 Å². The van der Waals surface area contributed by atoms with Gasteiger partial charge in [-0.15, -0.1) is 5.10 Å². The Morgan fingerprint density at radius 2 is 2.19 bits per heavy atom. The lowest BCUT2D eigenvalue weighted by Gasteiger charge is -2.37. The molecule has 21 heavy (non-hydrogen) atoms. The minimum Gasteiger partial charge on any atom is -0.496 e.